The first-order valence-electron chi connectivity index (χ1n) is 6.85. The zero-order chi connectivity index (χ0) is 14.3. The number of nitrogens with zero attached hydrogens (tertiary/aromatic N) is 1. The number of anilines is 2. The van der Waals surface area contributed by atoms with Gasteiger partial charge in [0, 0.05) is 23.0 Å². The fourth-order valence-corrected chi connectivity index (χ4v) is 2.90. The fraction of sp³-hybridized carbons (Fsp3) is 0.235. The van der Waals surface area contributed by atoms with E-state index in [0.29, 0.717) is 0 Å². The predicted octanol–water partition coefficient (Wildman–Crippen LogP) is 3.17. The van der Waals surface area contributed by atoms with Crippen molar-refractivity contribution in [2.24, 2.45) is 0 Å². The molecule has 20 heavy (non-hydrogen) atoms. The van der Waals surface area contributed by atoms with Crippen LogP contribution in [0.3, 0.4) is 0 Å². The van der Waals surface area contributed by atoms with Crippen molar-refractivity contribution in [2.45, 2.75) is 26.3 Å². The lowest BCUT2D eigenvalue weighted by molar-refractivity contribution is 0.0981. The van der Waals surface area contributed by atoms with E-state index in [-0.39, 0.29) is 11.9 Å². The molecule has 1 aliphatic rings. The van der Waals surface area contributed by atoms with E-state index in [0.717, 1.165) is 34.5 Å². The summed E-state index contributed by atoms with van der Waals surface area (Å²) in [5.41, 5.74) is 10.5. The molecule has 0 spiro atoms. The summed E-state index contributed by atoms with van der Waals surface area (Å²) in [4.78, 5) is 14.7. The Hall–Kier alpha value is -2.29. The lowest BCUT2D eigenvalue weighted by Crippen LogP contribution is -2.36. The molecule has 3 rings (SSSR count). The second-order valence-corrected chi connectivity index (χ2v) is 5.43. The van der Waals surface area contributed by atoms with Crippen LogP contribution in [0.4, 0.5) is 11.4 Å². The monoisotopic (exact) mass is 266 g/mol. The maximum absolute atomic E-state index is 12.8. The Bertz CT molecular complexity index is 678. The number of hydrogen-bond acceptors (Lipinski definition) is 2. The molecule has 102 valence electrons. The minimum Gasteiger partial charge on any atom is -0.399 e. The summed E-state index contributed by atoms with van der Waals surface area (Å²) in [6, 6.07) is 13.7. The Morgan fingerprint density at radius 2 is 2.00 bits per heavy atom. The van der Waals surface area contributed by atoms with Crippen LogP contribution >= 0.6 is 0 Å². The molecule has 0 aromatic heterocycles. The topological polar surface area (TPSA) is 46.3 Å². The van der Waals surface area contributed by atoms with Gasteiger partial charge in [-0.15, -0.1) is 0 Å². The van der Waals surface area contributed by atoms with Gasteiger partial charge in [-0.3, -0.25) is 4.79 Å². The van der Waals surface area contributed by atoms with Crippen molar-refractivity contribution in [1.82, 2.24) is 0 Å². The van der Waals surface area contributed by atoms with Crippen LogP contribution in [0.2, 0.25) is 0 Å². The van der Waals surface area contributed by atoms with Crippen LogP contribution in [-0.2, 0) is 6.42 Å². The number of aryl methyl sites for hydroxylation is 1. The first-order valence-corrected chi connectivity index (χ1v) is 6.85. The van der Waals surface area contributed by atoms with Crippen LogP contribution in [-0.4, -0.2) is 11.9 Å². The van der Waals surface area contributed by atoms with Crippen LogP contribution in [0.15, 0.2) is 42.5 Å². The van der Waals surface area contributed by atoms with Crippen LogP contribution in [0.25, 0.3) is 0 Å². The third kappa shape index (κ3) is 1.95. The Morgan fingerprint density at radius 3 is 2.75 bits per heavy atom. The minimum atomic E-state index is 0.0686. The summed E-state index contributed by atoms with van der Waals surface area (Å²) in [5.74, 6) is 0.0686. The lowest BCUT2D eigenvalue weighted by atomic mass is 10.1. The maximum atomic E-state index is 12.8. The normalized spacial score (nSPS) is 17.1. The number of amides is 1. The Balaban J connectivity index is 2.04. The van der Waals surface area contributed by atoms with Crippen molar-refractivity contribution in [3.05, 3.63) is 59.2 Å². The highest BCUT2D eigenvalue weighted by Gasteiger charge is 2.31. The van der Waals surface area contributed by atoms with Gasteiger partial charge < -0.3 is 10.6 Å². The van der Waals surface area contributed by atoms with Gasteiger partial charge in [-0.05, 0) is 55.7 Å². The molecular weight excluding hydrogens is 248 g/mol. The third-order valence-corrected chi connectivity index (χ3v) is 3.91. The summed E-state index contributed by atoms with van der Waals surface area (Å²) in [5, 5.41) is 0. The predicted molar refractivity (Wildman–Crippen MR) is 82.0 cm³/mol. The highest BCUT2D eigenvalue weighted by Crippen LogP contribution is 2.34. The minimum absolute atomic E-state index is 0.0686. The quantitative estimate of drug-likeness (QED) is 0.806. The molecule has 0 fully saturated rings. The second-order valence-electron chi connectivity index (χ2n) is 5.43. The zero-order valence-electron chi connectivity index (χ0n) is 11.8. The van der Waals surface area contributed by atoms with Crippen LogP contribution in [0.5, 0.6) is 0 Å². The molecular formula is C17H18N2O. The Labute approximate surface area is 119 Å². The van der Waals surface area contributed by atoms with Gasteiger partial charge in [0.25, 0.3) is 5.91 Å². The van der Waals surface area contributed by atoms with Crippen LogP contribution < -0.4 is 10.6 Å². The second kappa shape index (κ2) is 4.67. The Kier molecular flexibility index (Phi) is 2.97. The first kappa shape index (κ1) is 12.7. The molecule has 2 aromatic rings. The molecule has 0 bridgehead atoms. The largest absolute Gasteiger partial charge is 0.399 e. The van der Waals surface area contributed by atoms with Gasteiger partial charge in [0.05, 0.1) is 0 Å². The van der Waals surface area contributed by atoms with Crippen LogP contribution in [0.1, 0.15) is 28.4 Å². The molecule has 1 amide bonds. The van der Waals surface area contributed by atoms with Gasteiger partial charge in [0.15, 0.2) is 0 Å². The molecule has 0 radical (unpaired) electrons. The Morgan fingerprint density at radius 1 is 1.25 bits per heavy atom. The molecule has 0 saturated heterocycles. The van der Waals surface area contributed by atoms with Crippen molar-refractivity contribution < 1.29 is 4.79 Å². The summed E-state index contributed by atoms with van der Waals surface area (Å²) in [6.07, 6.45) is 0.859. The van der Waals surface area contributed by atoms with E-state index in [2.05, 4.69) is 6.92 Å². The highest BCUT2D eigenvalue weighted by atomic mass is 16.2. The number of nitrogens with two attached hydrogens (primary N) is 1. The van der Waals surface area contributed by atoms with E-state index >= 15 is 0 Å². The van der Waals surface area contributed by atoms with Gasteiger partial charge in [0.1, 0.15) is 0 Å². The number of hydrogen-bond donors (Lipinski definition) is 1. The number of carbonyl (C=O) groups excluding carboxylic acids is 1. The molecule has 2 N–H and O–H groups in total. The van der Waals surface area contributed by atoms with E-state index in [9.17, 15) is 4.79 Å². The van der Waals surface area contributed by atoms with Crippen molar-refractivity contribution in [3.8, 4) is 0 Å². The molecule has 1 unspecified atom stereocenters. The molecule has 0 saturated carbocycles. The zero-order valence-corrected chi connectivity index (χ0v) is 11.8. The van der Waals surface area contributed by atoms with Crippen LogP contribution in [0, 0.1) is 6.92 Å². The molecule has 2 aromatic carbocycles. The summed E-state index contributed by atoms with van der Waals surface area (Å²) in [7, 11) is 0. The third-order valence-electron chi connectivity index (χ3n) is 3.91. The van der Waals surface area contributed by atoms with E-state index < -0.39 is 0 Å². The average Bonchev–Trinajstić information content (AvgIpc) is 2.73. The number of benzene rings is 2. The summed E-state index contributed by atoms with van der Waals surface area (Å²) < 4.78 is 0. The molecule has 1 aliphatic heterocycles. The molecule has 1 heterocycles. The number of carbonyl (C=O) groups is 1. The highest BCUT2D eigenvalue weighted by molar-refractivity contribution is 6.08. The maximum Gasteiger partial charge on any atom is 0.258 e. The van der Waals surface area contributed by atoms with E-state index in [1.54, 1.807) is 0 Å². The summed E-state index contributed by atoms with van der Waals surface area (Å²) in [6.45, 7) is 4.05. The summed E-state index contributed by atoms with van der Waals surface area (Å²) >= 11 is 0. The van der Waals surface area contributed by atoms with Crippen molar-refractivity contribution in [1.29, 1.82) is 0 Å². The molecule has 3 heteroatoms. The lowest BCUT2D eigenvalue weighted by Gasteiger charge is -2.23. The van der Waals surface area contributed by atoms with Crippen molar-refractivity contribution in [2.75, 3.05) is 10.6 Å². The van der Waals surface area contributed by atoms with Gasteiger partial charge in [-0.25, -0.2) is 0 Å². The van der Waals surface area contributed by atoms with Crippen molar-refractivity contribution >= 4 is 17.3 Å². The average molecular weight is 266 g/mol. The first-order chi connectivity index (χ1) is 9.58. The molecule has 3 nitrogen and oxygen atoms in total. The number of nitrogen functional groups attached to an aromatic ring is 1. The SMILES string of the molecule is Cc1ccccc1C(=O)N1c2ccc(N)cc2CC1C. The van der Waals surface area contributed by atoms with Gasteiger partial charge in [0.2, 0.25) is 0 Å². The van der Waals surface area contributed by atoms with E-state index in [4.69, 9.17) is 5.73 Å². The van der Waals surface area contributed by atoms with Gasteiger partial charge in [-0.1, -0.05) is 18.2 Å². The van der Waals surface area contributed by atoms with Gasteiger partial charge >= 0.3 is 0 Å². The molecule has 0 aliphatic carbocycles. The van der Waals surface area contributed by atoms with E-state index in [1.807, 2.05) is 54.3 Å². The van der Waals surface area contributed by atoms with Crippen molar-refractivity contribution in [3.63, 3.8) is 0 Å². The fourth-order valence-electron chi connectivity index (χ4n) is 2.90. The van der Waals surface area contributed by atoms with Gasteiger partial charge in [-0.2, -0.15) is 0 Å². The number of rotatable bonds is 1. The smallest absolute Gasteiger partial charge is 0.258 e. The number of fused-ring (bicyclic) bond motifs is 1. The molecule has 1 atom stereocenters. The standard InChI is InChI=1S/C17H18N2O/c1-11-5-3-4-6-15(11)17(20)19-12(2)9-13-10-14(18)7-8-16(13)19/h3-8,10,12H,9,18H2,1-2H3. The van der Waals surface area contributed by atoms with E-state index in [1.165, 1.54) is 0 Å².